The third kappa shape index (κ3) is 5.28. The Morgan fingerprint density at radius 3 is 2.88 bits per heavy atom. The molecule has 0 atom stereocenters. The lowest BCUT2D eigenvalue weighted by atomic mass is 10.2. The highest BCUT2D eigenvalue weighted by Crippen LogP contribution is 2.27. The summed E-state index contributed by atoms with van der Waals surface area (Å²) in [6, 6.07) is 13.0. The number of methoxy groups -OCH3 is 1. The van der Waals surface area contributed by atoms with Gasteiger partial charge in [-0.2, -0.15) is 5.10 Å². The van der Waals surface area contributed by atoms with E-state index >= 15 is 0 Å². The third-order valence-electron chi connectivity index (χ3n) is 3.09. The van der Waals surface area contributed by atoms with Crippen molar-refractivity contribution in [1.29, 1.82) is 0 Å². The van der Waals surface area contributed by atoms with Gasteiger partial charge in [0.2, 0.25) is 5.91 Å². The van der Waals surface area contributed by atoms with E-state index in [4.69, 9.17) is 4.74 Å². The van der Waals surface area contributed by atoms with Crippen LogP contribution in [0.2, 0.25) is 0 Å². The number of hydrazone groups is 1. The number of hydrogen-bond acceptors (Lipinski definition) is 5. The summed E-state index contributed by atoms with van der Waals surface area (Å²) in [7, 11) is 1.47. The summed E-state index contributed by atoms with van der Waals surface area (Å²) in [5.74, 6) is 1.17. The van der Waals surface area contributed by atoms with Crippen LogP contribution >= 0.6 is 27.7 Å². The molecule has 24 heavy (non-hydrogen) atoms. The molecule has 2 aromatic rings. The van der Waals surface area contributed by atoms with Crippen LogP contribution in [0.3, 0.4) is 0 Å². The number of rotatable bonds is 7. The predicted octanol–water partition coefficient (Wildman–Crippen LogP) is 3.55. The van der Waals surface area contributed by atoms with Gasteiger partial charge in [-0.15, -0.1) is 11.8 Å². The van der Waals surface area contributed by atoms with Crippen LogP contribution in [0.25, 0.3) is 0 Å². The van der Waals surface area contributed by atoms with Crippen molar-refractivity contribution in [2.75, 3.05) is 12.9 Å². The summed E-state index contributed by atoms with van der Waals surface area (Å²) in [5.41, 5.74) is 4.05. The van der Waals surface area contributed by atoms with Crippen LogP contribution in [0.15, 0.2) is 52.0 Å². The first-order valence-electron chi connectivity index (χ1n) is 7.11. The molecule has 0 saturated heterocycles. The SMILES string of the molecule is COc1cccc(/C=N/NC(=O)CSCc2ccccc2Br)c1O. The first kappa shape index (κ1) is 18.4. The van der Waals surface area contributed by atoms with Crippen LogP contribution in [-0.2, 0) is 10.5 Å². The second-order valence-corrected chi connectivity index (χ2v) is 6.62. The van der Waals surface area contributed by atoms with E-state index in [-0.39, 0.29) is 11.7 Å². The summed E-state index contributed by atoms with van der Waals surface area (Å²) in [5, 5.41) is 13.8. The third-order valence-corrected chi connectivity index (χ3v) is 4.85. The predicted molar refractivity (Wildman–Crippen MR) is 101 cm³/mol. The highest BCUT2D eigenvalue weighted by molar-refractivity contribution is 9.10. The summed E-state index contributed by atoms with van der Waals surface area (Å²) in [4.78, 5) is 11.8. The van der Waals surface area contributed by atoms with Crippen LogP contribution in [0.5, 0.6) is 11.5 Å². The fourth-order valence-electron chi connectivity index (χ4n) is 1.88. The lowest BCUT2D eigenvalue weighted by molar-refractivity contribution is -0.118. The topological polar surface area (TPSA) is 70.9 Å². The number of benzene rings is 2. The Kier molecular flexibility index (Phi) is 7.14. The Balaban J connectivity index is 1.80. The van der Waals surface area contributed by atoms with Crippen LogP contribution in [0, 0.1) is 0 Å². The minimum Gasteiger partial charge on any atom is -0.504 e. The standard InChI is InChI=1S/C17H17BrN2O3S/c1-23-15-8-4-6-12(17(15)22)9-19-20-16(21)11-24-10-13-5-2-3-7-14(13)18/h2-9,22H,10-11H2,1H3,(H,20,21)/b19-9+. The van der Waals surface area contributed by atoms with Gasteiger partial charge < -0.3 is 9.84 Å². The van der Waals surface area contributed by atoms with Gasteiger partial charge in [0.1, 0.15) is 0 Å². The molecule has 0 fully saturated rings. The van der Waals surface area contributed by atoms with E-state index in [0.29, 0.717) is 17.1 Å². The number of para-hydroxylation sites is 1. The number of thioether (sulfide) groups is 1. The Labute approximate surface area is 153 Å². The second kappa shape index (κ2) is 9.34. The molecule has 0 radical (unpaired) electrons. The Morgan fingerprint density at radius 1 is 1.33 bits per heavy atom. The number of aromatic hydroxyl groups is 1. The second-order valence-electron chi connectivity index (χ2n) is 4.78. The molecular formula is C17H17BrN2O3S. The Bertz CT molecular complexity index is 738. The molecule has 2 rings (SSSR count). The molecule has 0 bridgehead atoms. The van der Waals surface area contributed by atoms with Crippen molar-refractivity contribution < 1.29 is 14.6 Å². The quantitative estimate of drug-likeness (QED) is 0.542. The van der Waals surface area contributed by atoms with Gasteiger partial charge >= 0.3 is 0 Å². The van der Waals surface area contributed by atoms with Gasteiger partial charge in [-0.3, -0.25) is 4.79 Å². The Morgan fingerprint density at radius 2 is 2.12 bits per heavy atom. The number of halogens is 1. The van der Waals surface area contributed by atoms with Gasteiger partial charge in [0.15, 0.2) is 11.5 Å². The molecule has 0 heterocycles. The molecule has 1 amide bonds. The molecule has 0 saturated carbocycles. The maximum absolute atomic E-state index is 11.8. The van der Waals surface area contributed by atoms with E-state index in [9.17, 15) is 9.90 Å². The molecule has 0 spiro atoms. The monoisotopic (exact) mass is 408 g/mol. The summed E-state index contributed by atoms with van der Waals surface area (Å²) in [6.45, 7) is 0. The summed E-state index contributed by atoms with van der Waals surface area (Å²) in [6.07, 6.45) is 1.38. The number of phenols is 1. The number of nitrogens with one attached hydrogen (secondary N) is 1. The van der Waals surface area contributed by atoms with Crippen molar-refractivity contribution in [3.05, 3.63) is 58.1 Å². The first-order chi connectivity index (χ1) is 11.6. The molecule has 0 aliphatic carbocycles. The smallest absolute Gasteiger partial charge is 0.250 e. The lowest BCUT2D eigenvalue weighted by Crippen LogP contribution is -2.19. The molecule has 5 nitrogen and oxygen atoms in total. The van der Waals surface area contributed by atoms with Gasteiger partial charge in [0, 0.05) is 15.8 Å². The number of amides is 1. The maximum atomic E-state index is 11.8. The van der Waals surface area contributed by atoms with E-state index in [1.807, 2.05) is 24.3 Å². The fourth-order valence-corrected chi connectivity index (χ4v) is 3.32. The first-order valence-corrected chi connectivity index (χ1v) is 9.05. The van der Waals surface area contributed by atoms with Gasteiger partial charge in [-0.25, -0.2) is 5.43 Å². The maximum Gasteiger partial charge on any atom is 0.250 e. The number of ether oxygens (including phenoxy) is 1. The van der Waals surface area contributed by atoms with E-state index in [0.717, 1.165) is 15.8 Å². The highest BCUT2D eigenvalue weighted by atomic mass is 79.9. The lowest BCUT2D eigenvalue weighted by Gasteiger charge is -2.05. The van der Waals surface area contributed by atoms with Crippen molar-refractivity contribution in [3.8, 4) is 11.5 Å². The van der Waals surface area contributed by atoms with Gasteiger partial charge in [0.25, 0.3) is 0 Å². The molecule has 2 N–H and O–H groups in total. The zero-order chi connectivity index (χ0) is 17.4. The highest BCUT2D eigenvalue weighted by Gasteiger charge is 2.06. The van der Waals surface area contributed by atoms with E-state index in [2.05, 4.69) is 26.5 Å². The molecule has 0 unspecified atom stereocenters. The number of phenolic OH excluding ortho intramolecular Hbond substituents is 1. The van der Waals surface area contributed by atoms with E-state index in [1.165, 1.54) is 25.1 Å². The van der Waals surface area contributed by atoms with Gasteiger partial charge in [-0.05, 0) is 23.8 Å². The average molecular weight is 409 g/mol. The number of nitrogens with zero attached hydrogens (tertiary/aromatic N) is 1. The fraction of sp³-hybridized carbons (Fsp3) is 0.176. The van der Waals surface area contributed by atoms with Crippen LogP contribution in [-0.4, -0.2) is 30.1 Å². The van der Waals surface area contributed by atoms with Crippen molar-refractivity contribution in [3.63, 3.8) is 0 Å². The van der Waals surface area contributed by atoms with Crippen molar-refractivity contribution in [2.24, 2.45) is 5.10 Å². The molecule has 2 aromatic carbocycles. The van der Waals surface area contributed by atoms with Gasteiger partial charge in [0.05, 0.1) is 19.1 Å². The van der Waals surface area contributed by atoms with Gasteiger partial charge in [-0.1, -0.05) is 40.2 Å². The molecule has 7 heteroatoms. The minimum absolute atomic E-state index is 0.0127. The zero-order valence-corrected chi connectivity index (χ0v) is 15.4. The number of carbonyl (C=O) groups excluding carboxylic acids is 1. The Hall–Kier alpha value is -1.99. The van der Waals surface area contributed by atoms with Crippen molar-refractivity contribution in [1.82, 2.24) is 5.43 Å². The van der Waals surface area contributed by atoms with Crippen LogP contribution < -0.4 is 10.2 Å². The normalized spacial score (nSPS) is 10.8. The van der Waals surface area contributed by atoms with E-state index < -0.39 is 0 Å². The van der Waals surface area contributed by atoms with Crippen LogP contribution in [0.4, 0.5) is 0 Å². The summed E-state index contributed by atoms with van der Waals surface area (Å²) < 4.78 is 6.04. The molecular weight excluding hydrogens is 392 g/mol. The number of hydrogen-bond donors (Lipinski definition) is 2. The largest absolute Gasteiger partial charge is 0.504 e. The summed E-state index contributed by atoms with van der Waals surface area (Å²) >= 11 is 4.98. The molecule has 0 aromatic heterocycles. The molecule has 0 aliphatic heterocycles. The zero-order valence-electron chi connectivity index (χ0n) is 13.0. The average Bonchev–Trinajstić information content (AvgIpc) is 2.58. The van der Waals surface area contributed by atoms with E-state index in [1.54, 1.807) is 18.2 Å². The molecule has 0 aliphatic rings. The van der Waals surface area contributed by atoms with Crippen molar-refractivity contribution >= 4 is 39.8 Å². The molecule has 126 valence electrons. The minimum atomic E-state index is -0.203. The van der Waals surface area contributed by atoms with Crippen molar-refractivity contribution in [2.45, 2.75) is 5.75 Å². The van der Waals surface area contributed by atoms with Crippen LogP contribution in [0.1, 0.15) is 11.1 Å². The number of carbonyl (C=O) groups is 1.